The highest BCUT2D eigenvalue weighted by Crippen LogP contribution is 2.17. The summed E-state index contributed by atoms with van der Waals surface area (Å²) in [5, 5.41) is 0. The van der Waals surface area contributed by atoms with E-state index in [4.69, 9.17) is 0 Å². The van der Waals surface area contributed by atoms with Gasteiger partial charge in [-0.15, -0.1) is 13.2 Å². The minimum Gasteiger partial charge on any atom is -0.284 e. The van der Waals surface area contributed by atoms with Crippen molar-refractivity contribution in [2.45, 2.75) is 6.36 Å². The number of rotatable bonds is 2. The van der Waals surface area contributed by atoms with Crippen molar-refractivity contribution in [3.63, 3.8) is 0 Å². The van der Waals surface area contributed by atoms with Crippen LogP contribution in [0.4, 0.5) is 13.2 Å². The molecule has 4 nitrogen and oxygen atoms in total. The average Bonchev–Trinajstić information content (AvgIpc) is 2.14. The van der Waals surface area contributed by atoms with E-state index in [1.165, 1.54) is 24.5 Å². The Morgan fingerprint density at radius 3 is 2.36 bits per heavy atom. The van der Waals surface area contributed by atoms with Gasteiger partial charge in [0.1, 0.15) is 0 Å². The van der Waals surface area contributed by atoms with Gasteiger partial charge in [0.05, 0.1) is 5.56 Å². The summed E-state index contributed by atoms with van der Waals surface area (Å²) in [6.07, 6.45) is -2.52. The van der Waals surface area contributed by atoms with Gasteiger partial charge in [-0.25, -0.2) is 4.79 Å². The normalized spacial score (nSPS) is 11.1. The average molecular weight is 207 g/mol. The Bertz CT molecular complexity index is 312. The van der Waals surface area contributed by atoms with Crippen molar-refractivity contribution >= 4 is 5.97 Å². The summed E-state index contributed by atoms with van der Waals surface area (Å²) in [4.78, 5) is 20.8. The number of aromatic nitrogens is 1. The third-order valence-electron chi connectivity index (χ3n) is 1.13. The molecule has 1 aromatic heterocycles. The molecule has 0 aliphatic rings. The maximum absolute atomic E-state index is 11.4. The van der Waals surface area contributed by atoms with E-state index in [0.29, 0.717) is 0 Å². The minimum atomic E-state index is -5.00. The molecule has 0 radical (unpaired) electrons. The van der Waals surface area contributed by atoms with Crippen LogP contribution in [0.25, 0.3) is 0 Å². The Morgan fingerprint density at radius 2 is 1.86 bits per heavy atom. The van der Waals surface area contributed by atoms with Crippen LogP contribution in [0, 0.1) is 0 Å². The lowest BCUT2D eigenvalue weighted by atomic mass is 10.3. The minimum absolute atomic E-state index is 0.0794. The summed E-state index contributed by atoms with van der Waals surface area (Å²) in [5.74, 6) is -1.23. The van der Waals surface area contributed by atoms with Crippen LogP contribution in [0.3, 0.4) is 0 Å². The third-order valence-corrected chi connectivity index (χ3v) is 1.13. The fraction of sp³-hybridized carbons (Fsp3) is 0.143. The highest BCUT2D eigenvalue weighted by molar-refractivity contribution is 5.88. The van der Waals surface area contributed by atoms with Gasteiger partial charge < -0.3 is 0 Å². The van der Waals surface area contributed by atoms with Gasteiger partial charge in [0.15, 0.2) is 0 Å². The molecule has 0 N–H and O–H groups in total. The largest absolute Gasteiger partial charge is 0.558 e. The number of pyridine rings is 1. The predicted molar refractivity (Wildman–Crippen MR) is 36.8 cm³/mol. The quantitative estimate of drug-likeness (QED) is 0.546. The summed E-state index contributed by atoms with van der Waals surface area (Å²) < 4.78 is 34.3. The zero-order valence-electron chi connectivity index (χ0n) is 6.62. The van der Waals surface area contributed by atoms with E-state index in [9.17, 15) is 18.0 Å². The van der Waals surface area contributed by atoms with Crippen LogP contribution < -0.4 is 0 Å². The first-order valence-electron chi connectivity index (χ1n) is 3.36. The van der Waals surface area contributed by atoms with Crippen molar-refractivity contribution in [3.8, 4) is 0 Å². The molecule has 1 heterocycles. The molecule has 0 aliphatic heterocycles. The van der Waals surface area contributed by atoms with Crippen LogP contribution in [0.5, 0.6) is 0 Å². The molecule has 0 aliphatic carbocycles. The van der Waals surface area contributed by atoms with Crippen molar-refractivity contribution in [2.75, 3.05) is 0 Å². The fourth-order valence-corrected chi connectivity index (χ4v) is 0.621. The number of hydrogen-bond acceptors (Lipinski definition) is 4. The van der Waals surface area contributed by atoms with Gasteiger partial charge in [0.25, 0.3) is 0 Å². The lowest BCUT2D eigenvalue weighted by Crippen LogP contribution is -2.17. The summed E-state index contributed by atoms with van der Waals surface area (Å²) in [7, 11) is 0. The van der Waals surface area contributed by atoms with E-state index in [1.54, 1.807) is 0 Å². The van der Waals surface area contributed by atoms with E-state index in [0.717, 1.165) is 0 Å². The van der Waals surface area contributed by atoms with Crippen LogP contribution >= 0.6 is 0 Å². The topological polar surface area (TPSA) is 48.4 Å². The number of alkyl halides is 3. The van der Waals surface area contributed by atoms with Crippen molar-refractivity contribution in [2.24, 2.45) is 0 Å². The Kier molecular flexibility index (Phi) is 3.03. The van der Waals surface area contributed by atoms with E-state index < -0.39 is 12.3 Å². The molecule has 7 heteroatoms. The molecule has 14 heavy (non-hydrogen) atoms. The molecule has 0 fully saturated rings. The maximum atomic E-state index is 11.4. The van der Waals surface area contributed by atoms with E-state index in [1.807, 2.05) is 0 Å². The van der Waals surface area contributed by atoms with Crippen LogP contribution in [0.2, 0.25) is 0 Å². The van der Waals surface area contributed by atoms with E-state index >= 15 is 0 Å². The zero-order valence-corrected chi connectivity index (χ0v) is 6.62. The molecule has 1 rings (SSSR count). The molecule has 0 atom stereocenters. The smallest absolute Gasteiger partial charge is 0.284 e. The van der Waals surface area contributed by atoms with Gasteiger partial charge >= 0.3 is 12.3 Å². The molecular weight excluding hydrogens is 203 g/mol. The Balaban J connectivity index is 2.52. The first-order valence-corrected chi connectivity index (χ1v) is 3.36. The number of hydrogen-bond donors (Lipinski definition) is 0. The lowest BCUT2D eigenvalue weighted by molar-refractivity contribution is -0.457. The second kappa shape index (κ2) is 4.05. The van der Waals surface area contributed by atoms with Gasteiger partial charge in [0, 0.05) is 12.4 Å². The molecule has 0 unspecified atom stereocenters. The summed E-state index contributed by atoms with van der Waals surface area (Å²) >= 11 is 0. The highest BCUT2D eigenvalue weighted by Gasteiger charge is 2.33. The van der Waals surface area contributed by atoms with Crippen molar-refractivity contribution < 1.29 is 27.7 Å². The monoisotopic (exact) mass is 207 g/mol. The molecule has 0 spiro atoms. The number of nitrogens with zero attached hydrogens (tertiary/aromatic N) is 1. The molecule has 0 saturated carbocycles. The van der Waals surface area contributed by atoms with Gasteiger partial charge in [-0.2, -0.15) is 0 Å². The van der Waals surface area contributed by atoms with Gasteiger partial charge in [-0.1, -0.05) is 4.89 Å². The molecule has 0 bridgehead atoms. The Hall–Kier alpha value is -1.63. The van der Waals surface area contributed by atoms with Crippen molar-refractivity contribution in [3.05, 3.63) is 30.1 Å². The standard InChI is InChI=1S/C7H4F3NO3/c8-7(9,10)14-13-6(12)5-1-3-11-4-2-5/h1-4H. The first-order chi connectivity index (χ1) is 6.49. The van der Waals surface area contributed by atoms with Gasteiger partial charge in [-0.3, -0.25) is 9.87 Å². The number of carbonyl (C=O) groups excluding carboxylic acids is 1. The van der Waals surface area contributed by atoms with Crippen molar-refractivity contribution in [1.29, 1.82) is 0 Å². The van der Waals surface area contributed by atoms with E-state index in [-0.39, 0.29) is 5.56 Å². The van der Waals surface area contributed by atoms with Gasteiger partial charge in [0.2, 0.25) is 0 Å². The first kappa shape index (κ1) is 10.5. The molecule has 76 valence electrons. The van der Waals surface area contributed by atoms with E-state index in [2.05, 4.69) is 14.8 Å². The van der Waals surface area contributed by atoms with Crippen LogP contribution in [0.15, 0.2) is 24.5 Å². The van der Waals surface area contributed by atoms with Crippen molar-refractivity contribution in [1.82, 2.24) is 4.98 Å². The fourth-order valence-electron chi connectivity index (χ4n) is 0.621. The Labute approximate surface area is 76.2 Å². The molecule has 0 amide bonds. The second-order valence-electron chi connectivity index (χ2n) is 2.14. The molecule has 0 saturated heterocycles. The van der Waals surface area contributed by atoms with Crippen LogP contribution in [-0.4, -0.2) is 17.3 Å². The molecule has 1 aromatic rings. The molecule has 0 aromatic carbocycles. The maximum Gasteiger partial charge on any atom is 0.558 e. The number of carbonyl (C=O) groups is 1. The predicted octanol–water partition coefficient (Wildman–Crippen LogP) is 1.69. The molecular formula is C7H4F3NO3. The highest BCUT2D eigenvalue weighted by atomic mass is 19.4. The summed E-state index contributed by atoms with van der Waals surface area (Å²) in [5.41, 5.74) is -0.0794. The Morgan fingerprint density at radius 1 is 1.29 bits per heavy atom. The lowest BCUT2D eigenvalue weighted by Gasteiger charge is -2.04. The van der Waals surface area contributed by atoms with Crippen LogP contribution in [0.1, 0.15) is 10.4 Å². The number of halogens is 3. The SMILES string of the molecule is O=C(OOC(F)(F)F)c1ccncc1. The van der Waals surface area contributed by atoms with Gasteiger partial charge in [-0.05, 0) is 12.1 Å². The summed E-state index contributed by atoms with van der Waals surface area (Å²) in [6, 6.07) is 2.39. The van der Waals surface area contributed by atoms with Crippen LogP contribution in [-0.2, 0) is 9.78 Å². The third kappa shape index (κ3) is 3.40. The summed E-state index contributed by atoms with van der Waals surface area (Å²) in [6.45, 7) is 0. The second-order valence-corrected chi connectivity index (χ2v) is 2.14. The zero-order chi connectivity index (χ0) is 10.6.